The molecule has 2 N–H and O–H groups in total. The van der Waals surface area contributed by atoms with E-state index < -0.39 is 5.97 Å². The van der Waals surface area contributed by atoms with Crippen LogP contribution in [0.2, 0.25) is 0 Å². The molecule has 0 bridgehead atoms. The molecule has 20 heavy (non-hydrogen) atoms. The fourth-order valence-electron chi connectivity index (χ4n) is 2.60. The van der Waals surface area contributed by atoms with Gasteiger partial charge in [-0.1, -0.05) is 13.3 Å². The predicted molar refractivity (Wildman–Crippen MR) is 75.7 cm³/mol. The number of carboxylic acid groups (broad SMARTS) is 1. The maximum atomic E-state index is 12.1. The van der Waals surface area contributed by atoms with Gasteiger partial charge in [-0.25, -0.2) is 4.79 Å². The Kier molecular flexibility index (Phi) is 7.36. The quantitative estimate of drug-likeness (QED) is 0.746. The summed E-state index contributed by atoms with van der Waals surface area (Å²) in [6, 6.07) is -0.131. The Balaban J connectivity index is 2.42. The van der Waals surface area contributed by atoms with Crippen molar-refractivity contribution < 1.29 is 19.4 Å². The smallest absolute Gasteiger partial charge is 0.323 e. The van der Waals surface area contributed by atoms with Gasteiger partial charge in [0.05, 0.1) is 6.61 Å². The Labute approximate surface area is 120 Å². The first kappa shape index (κ1) is 16.8. The van der Waals surface area contributed by atoms with Gasteiger partial charge in [0, 0.05) is 19.7 Å². The Bertz CT molecular complexity index is 314. The molecule has 0 unspecified atom stereocenters. The van der Waals surface area contributed by atoms with Crippen molar-refractivity contribution in [2.24, 2.45) is 5.92 Å². The van der Waals surface area contributed by atoms with E-state index in [0.717, 1.165) is 31.6 Å². The van der Waals surface area contributed by atoms with E-state index in [1.165, 1.54) is 18.4 Å². The molecule has 6 nitrogen and oxygen atoms in total. The van der Waals surface area contributed by atoms with Gasteiger partial charge in [0.25, 0.3) is 0 Å². The summed E-state index contributed by atoms with van der Waals surface area (Å²) in [5.41, 5.74) is 0. The van der Waals surface area contributed by atoms with Crippen molar-refractivity contribution in [2.45, 2.75) is 45.1 Å². The monoisotopic (exact) mass is 286 g/mol. The highest BCUT2D eigenvalue weighted by molar-refractivity contribution is 5.80. The van der Waals surface area contributed by atoms with Crippen LogP contribution in [0.5, 0.6) is 0 Å². The molecular formula is C14H26N2O4. The second kappa shape index (κ2) is 8.79. The number of carbonyl (C=O) groups excluding carboxylic acids is 1. The molecule has 0 aromatic rings. The Morgan fingerprint density at radius 2 is 1.95 bits per heavy atom. The van der Waals surface area contributed by atoms with E-state index in [2.05, 4.69) is 12.2 Å². The zero-order chi connectivity index (χ0) is 15.0. The van der Waals surface area contributed by atoms with E-state index in [4.69, 9.17) is 9.84 Å². The minimum Gasteiger partial charge on any atom is -0.480 e. The maximum absolute atomic E-state index is 12.1. The van der Waals surface area contributed by atoms with Crippen LogP contribution < -0.4 is 5.32 Å². The molecule has 0 aromatic heterocycles. The highest BCUT2D eigenvalue weighted by atomic mass is 16.5. The van der Waals surface area contributed by atoms with Crippen molar-refractivity contribution in [3.05, 3.63) is 0 Å². The summed E-state index contributed by atoms with van der Waals surface area (Å²) in [6.07, 6.45) is 5.43. The number of methoxy groups -OCH3 is 1. The van der Waals surface area contributed by atoms with Crippen LogP contribution in [-0.4, -0.2) is 54.9 Å². The molecule has 1 aliphatic carbocycles. The van der Waals surface area contributed by atoms with Gasteiger partial charge in [-0.15, -0.1) is 0 Å². The fourth-order valence-corrected chi connectivity index (χ4v) is 2.60. The predicted octanol–water partition coefficient (Wildman–Crippen LogP) is 1.70. The molecule has 0 aromatic carbocycles. The number of nitrogens with one attached hydrogen (secondary N) is 1. The van der Waals surface area contributed by atoms with Gasteiger partial charge in [0.15, 0.2) is 0 Å². The summed E-state index contributed by atoms with van der Waals surface area (Å²) < 4.78 is 4.91. The molecular weight excluding hydrogens is 260 g/mol. The summed E-state index contributed by atoms with van der Waals surface area (Å²) in [5.74, 6) is -0.238. The van der Waals surface area contributed by atoms with Crippen molar-refractivity contribution >= 4 is 12.0 Å². The Morgan fingerprint density at radius 1 is 1.30 bits per heavy atom. The van der Waals surface area contributed by atoms with Gasteiger partial charge in [-0.05, 0) is 31.6 Å². The molecule has 0 atom stereocenters. The van der Waals surface area contributed by atoms with Gasteiger partial charge < -0.3 is 20.1 Å². The van der Waals surface area contributed by atoms with Gasteiger partial charge in [-0.2, -0.15) is 0 Å². The number of ether oxygens (including phenoxy) is 1. The number of nitrogens with zero attached hydrogens (tertiary/aromatic N) is 1. The van der Waals surface area contributed by atoms with Crippen LogP contribution in [0.1, 0.15) is 39.0 Å². The SMILES string of the molecule is CCC1CCC(NC(=O)N(CCOC)CC(=O)O)CC1. The van der Waals surface area contributed by atoms with Gasteiger partial charge in [0.1, 0.15) is 6.54 Å². The number of amides is 2. The van der Waals surface area contributed by atoms with Crippen LogP contribution in [-0.2, 0) is 9.53 Å². The lowest BCUT2D eigenvalue weighted by molar-refractivity contribution is -0.137. The Morgan fingerprint density at radius 3 is 2.45 bits per heavy atom. The van der Waals surface area contributed by atoms with Gasteiger partial charge in [-0.3, -0.25) is 4.79 Å². The third-order valence-corrected chi connectivity index (χ3v) is 3.93. The summed E-state index contributed by atoms with van der Waals surface area (Å²) in [7, 11) is 1.53. The third kappa shape index (κ3) is 5.77. The van der Waals surface area contributed by atoms with Crippen molar-refractivity contribution in [2.75, 3.05) is 26.8 Å². The van der Waals surface area contributed by atoms with E-state index in [9.17, 15) is 9.59 Å². The summed E-state index contributed by atoms with van der Waals surface area (Å²) in [5, 5.41) is 11.8. The van der Waals surface area contributed by atoms with Crippen LogP contribution in [0, 0.1) is 5.92 Å². The number of hydrogen-bond donors (Lipinski definition) is 2. The first-order valence-corrected chi connectivity index (χ1v) is 7.33. The molecule has 2 amide bonds. The first-order valence-electron chi connectivity index (χ1n) is 7.33. The third-order valence-electron chi connectivity index (χ3n) is 3.93. The molecule has 0 saturated heterocycles. The average molecular weight is 286 g/mol. The van der Waals surface area contributed by atoms with E-state index in [0.29, 0.717) is 13.2 Å². The molecule has 0 radical (unpaired) electrons. The average Bonchev–Trinajstić information content (AvgIpc) is 2.43. The number of hydrogen-bond acceptors (Lipinski definition) is 3. The number of carboxylic acids is 1. The molecule has 116 valence electrons. The van der Waals surface area contributed by atoms with Crippen molar-refractivity contribution in [3.63, 3.8) is 0 Å². The van der Waals surface area contributed by atoms with E-state index >= 15 is 0 Å². The van der Waals surface area contributed by atoms with Crippen LogP contribution in [0.15, 0.2) is 0 Å². The van der Waals surface area contributed by atoms with E-state index in [-0.39, 0.29) is 18.6 Å². The van der Waals surface area contributed by atoms with Gasteiger partial charge >= 0.3 is 12.0 Å². The van der Waals surface area contributed by atoms with Crippen LogP contribution in [0.25, 0.3) is 0 Å². The highest BCUT2D eigenvalue weighted by Crippen LogP contribution is 2.26. The number of aliphatic carboxylic acids is 1. The number of carbonyl (C=O) groups is 2. The minimum atomic E-state index is -1.01. The summed E-state index contributed by atoms with van der Waals surface area (Å²) in [4.78, 5) is 24.2. The van der Waals surface area contributed by atoms with Crippen molar-refractivity contribution in [3.8, 4) is 0 Å². The summed E-state index contributed by atoms with van der Waals surface area (Å²) >= 11 is 0. The fraction of sp³-hybridized carbons (Fsp3) is 0.857. The minimum absolute atomic E-state index is 0.170. The van der Waals surface area contributed by atoms with Crippen LogP contribution >= 0.6 is 0 Å². The van der Waals surface area contributed by atoms with Crippen LogP contribution in [0.3, 0.4) is 0 Å². The van der Waals surface area contributed by atoms with Crippen molar-refractivity contribution in [1.29, 1.82) is 0 Å². The molecule has 1 rings (SSSR count). The maximum Gasteiger partial charge on any atom is 0.323 e. The molecule has 6 heteroatoms. The summed E-state index contributed by atoms with van der Waals surface area (Å²) in [6.45, 7) is 2.53. The standard InChI is InChI=1S/C14H26N2O4/c1-3-11-4-6-12(7-5-11)15-14(19)16(8-9-20-2)10-13(17)18/h11-12H,3-10H2,1-2H3,(H,15,19)(H,17,18). The second-order valence-corrected chi connectivity index (χ2v) is 5.38. The highest BCUT2D eigenvalue weighted by Gasteiger charge is 2.24. The van der Waals surface area contributed by atoms with Crippen LogP contribution in [0.4, 0.5) is 4.79 Å². The molecule has 1 fully saturated rings. The van der Waals surface area contributed by atoms with E-state index in [1.807, 2.05) is 0 Å². The molecule has 1 aliphatic rings. The topological polar surface area (TPSA) is 78.9 Å². The molecule has 0 spiro atoms. The Hall–Kier alpha value is -1.30. The van der Waals surface area contributed by atoms with Crippen molar-refractivity contribution in [1.82, 2.24) is 10.2 Å². The second-order valence-electron chi connectivity index (χ2n) is 5.38. The lowest BCUT2D eigenvalue weighted by Gasteiger charge is -2.30. The molecule has 1 saturated carbocycles. The molecule has 0 aliphatic heterocycles. The normalized spacial score (nSPS) is 22.3. The zero-order valence-corrected chi connectivity index (χ0v) is 12.4. The molecule has 0 heterocycles. The lowest BCUT2D eigenvalue weighted by atomic mass is 9.84. The lowest BCUT2D eigenvalue weighted by Crippen LogP contribution is -2.48. The number of urea groups is 1. The zero-order valence-electron chi connectivity index (χ0n) is 12.4. The van der Waals surface area contributed by atoms with E-state index in [1.54, 1.807) is 0 Å². The first-order chi connectivity index (χ1) is 9.56. The largest absolute Gasteiger partial charge is 0.480 e. The van der Waals surface area contributed by atoms with Gasteiger partial charge in [0.2, 0.25) is 0 Å². The number of rotatable bonds is 7.